The first-order chi connectivity index (χ1) is 11.0. The predicted octanol–water partition coefficient (Wildman–Crippen LogP) is 3.05. The van der Waals surface area contributed by atoms with Crippen LogP contribution in [0.4, 0.5) is 11.4 Å². The van der Waals surface area contributed by atoms with Crippen LogP contribution < -0.4 is 5.32 Å². The van der Waals surface area contributed by atoms with E-state index in [1.54, 1.807) is 19.1 Å². The normalized spacial score (nSPS) is 12.0. The third kappa shape index (κ3) is 4.37. The zero-order valence-corrected chi connectivity index (χ0v) is 13.1. The van der Waals surface area contributed by atoms with Gasteiger partial charge in [0.05, 0.1) is 11.0 Å². The van der Waals surface area contributed by atoms with Crippen LogP contribution in [-0.4, -0.2) is 28.8 Å². The van der Waals surface area contributed by atoms with Crippen molar-refractivity contribution in [2.24, 2.45) is 0 Å². The Bertz CT molecular complexity index is 688. The summed E-state index contributed by atoms with van der Waals surface area (Å²) in [5, 5.41) is 13.6. The Morgan fingerprint density at radius 2 is 1.78 bits per heavy atom. The van der Waals surface area contributed by atoms with Gasteiger partial charge in [-0.2, -0.15) is 0 Å². The molecule has 0 unspecified atom stereocenters. The number of nitro benzene ring substituents is 1. The summed E-state index contributed by atoms with van der Waals surface area (Å²) in [6.07, 6.45) is 0. The summed E-state index contributed by atoms with van der Waals surface area (Å²) in [5.74, 6) is -0.280. The molecule has 0 aromatic heterocycles. The van der Waals surface area contributed by atoms with Gasteiger partial charge >= 0.3 is 0 Å². The second-order valence-electron chi connectivity index (χ2n) is 5.34. The number of nitrogens with zero attached hydrogens (tertiary/aromatic N) is 2. The van der Waals surface area contributed by atoms with E-state index in [0.29, 0.717) is 6.54 Å². The standard InChI is InChI=1S/C17H19N3O3/c1-13(19(2)12-14-8-4-3-5-9-14)17(21)18-15-10-6-7-11-16(15)20(22)23/h3-11,13H,12H2,1-2H3,(H,18,21)/t13-/m1/s1. The second-order valence-corrected chi connectivity index (χ2v) is 5.34. The van der Waals surface area contributed by atoms with Gasteiger partial charge in [0.25, 0.3) is 5.69 Å². The molecule has 1 amide bonds. The van der Waals surface area contributed by atoms with Gasteiger partial charge in [0.15, 0.2) is 0 Å². The molecule has 0 aliphatic heterocycles. The van der Waals surface area contributed by atoms with Gasteiger partial charge in [0.2, 0.25) is 5.91 Å². The smallest absolute Gasteiger partial charge is 0.292 e. The summed E-state index contributed by atoms with van der Waals surface area (Å²) >= 11 is 0. The van der Waals surface area contributed by atoms with Crippen LogP contribution in [0.15, 0.2) is 54.6 Å². The molecule has 0 radical (unpaired) electrons. The molecule has 2 aromatic rings. The van der Waals surface area contributed by atoms with Crippen molar-refractivity contribution in [1.82, 2.24) is 4.90 Å². The zero-order chi connectivity index (χ0) is 16.8. The number of hydrogen-bond acceptors (Lipinski definition) is 4. The predicted molar refractivity (Wildman–Crippen MR) is 89.1 cm³/mol. The lowest BCUT2D eigenvalue weighted by molar-refractivity contribution is -0.383. The highest BCUT2D eigenvalue weighted by Gasteiger charge is 2.21. The van der Waals surface area contributed by atoms with Crippen molar-refractivity contribution >= 4 is 17.3 Å². The number of nitro groups is 1. The van der Waals surface area contributed by atoms with Crippen molar-refractivity contribution < 1.29 is 9.72 Å². The van der Waals surface area contributed by atoms with Crippen LogP contribution in [0.5, 0.6) is 0 Å². The third-order valence-electron chi connectivity index (χ3n) is 3.67. The molecule has 23 heavy (non-hydrogen) atoms. The number of likely N-dealkylation sites (N-methyl/N-ethyl adjacent to an activating group) is 1. The lowest BCUT2D eigenvalue weighted by Crippen LogP contribution is -2.39. The molecule has 6 nitrogen and oxygen atoms in total. The van der Waals surface area contributed by atoms with E-state index in [2.05, 4.69) is 5.32 Å². The van der Waals surface area contributed by atoms with Crippen molar-refractivity contribution in [2.75, 3.05) is 12.4 Å². The van der Waals surface area contributed by atoms with Gasteiger partial charge in [0, 0.05) is 12.6 Å². The molecule has 120 valence electrons. The molecule has 0 aliphatic carbocycles. The molecule has 6 heteroatoms. The first kappa shape index (κ1) is 16.6. The van der Waals surface area contributed by atoms with Crippen molar-refractivity contribution in [3.63, 3.8) is 0 Å². The summed E-state index contributed by atoms with van der Waals surface area (Å²) < 4.78 is 0. The first-order valence-electron chi connectivity index (χ1n) is 7.27. The molecule has 0 heterocycles. The van der Waals surface area contributed by atoms with Crippen LogP contribution >= 0.6 is 0 Å². The van der Waals surface area contributed by atoms with Crippen molar-refractivity contribution in [3.05, 3.63) is 70.3 Å². The lowest BCUT2D eigenvalue weighted by atomic mass is 10.2. The van der Waals surface area contributed by atoms with Gasteiger partial charge in [0.1, 0.15) is 5.69 Å². The van der Waals surface area contributed by atoms with E-state index < -0.39 is 11.0 Å². The number of amides is 1. The van der Waals surface area contributed by atoms with Crippen molar-refractivity contribution in [3.8, 4) is 0 Å². The number of hydrogen-bond donors (Lipinski definition) is 1. The topological polar surface area (TPSA) is 75.5 Å². The fraction of sp³-hybridized carbons (Fsp3) is 0.235. The highest BCUT2D eigenvalue weighted by molar-refractivity contribution is 5.96. The minimum absolute atomic E-state index is 0.112. The molecule has 0 saturated carbocycles. The minimum Gasteiger partial charge on any atom is -0.319 e. The first-order valence-corrected chi connectivity index (χ1v) is 7.27. The average Bonchev–Trinajstić information content (AvgIpc) is 2.55. The van der Waals surface area contributed by atoms with E-state index in [9.17, 15) is 14.9 Å². The molecule has 2 aromatic carbocycles. The van der Waals surface area contributed by atoms with Crippen molar-refractivity contribution in [1.29, 1.82) is 0 Å². The SMILES string of the molecule is C[C@H](C(=O)Nc1ccccc1[N+](=O)[O-])N(C)Cc1ccccc1. The van der Waals surface area contributed by atoms with Gasteiger partial charge in [-0.3, -0.25) is 19.8 Å². The number of rotatable bonds is 6. The Morgan fingerprint density at radius 1 is 1.17 bits per heavy atom. The summed E-state index contributed by atoms with van der Waals surface area (Å²) in [5.41, 5.74) is 1.20. The Hall–Kier alpha value is -2.73. The maximum absolute atomic E-state index is 12.3. The highest BCUT2D eigenvalue weighted by Crippen LogP contribution is 2.23. The van der Waals surface area contributed by atoms with Gasteiger partial charge < -0.3 is 5.32 Å². The van der Waals surface area contributed by atoms with Crippen LogP contribution in [0.3, 0.4) is 0 Å². The van der Waals surface area contributed by atoms with E-state index in [1.165, 1.54) is 12.1 Å². The van der Waals surface area contributed by atoms with Crippen LogP contribution in [0.25, 0.3) is 0 Å². The molecule has 0 fully saturated rings. The molecule has 1 atom stereocenters. The molecule has 1 N–H and O–H groups in total. The van der Waals surface area contributed by atoms with E-state index in [4.69, 9.17) is 0 Å². The van der Waals surface area contributed by atoms with Gasteiger partial charge in [-0.05, 0) is 25.6 Å². The van der Waals surface area contributed by atoms with Gasteiger partial charge in [-0.15, -0.1) is 0 Å². The summed E-state index contributed by atoms with van der Waals surface area (Å²) in [4.78, 5) is 24.7. The number of anilines is 1. The zero-order valence-electron chi connectivity index (χ0n) is 13.1. The van der Waals surface area contributed by atoms with Crippen LogP contribution in [0.1, 0.15) is 12.5 Å². The number of benzene rings is 2. The Kier molecular flexibility index (Phi) is 5.43. The highest BCUT2D eigenvalue weighted by atomic mass is 16.6. The van der Waals surface area contributed by atoms with Crippen LogP contribution in [-0.2, 0) is 11.3 Å². The largest absolute Gasteiger partial charge is 0.319 e. The monoisotopic (exact) mass is 313 g/mol. The van der Waals surface area contributed by atoms with Gasteiger partial charge in [-0.25, -0.2) is 0 Å². The quantitative estimate of drug-likeness (QED) is 0.657. The average molecular weight is 313 g/mol. The van der Waals surface area contributed by atoms with E-state index >= 15 is 0 Å². The minimum atomic E-state index is -0.506. The number of nitrogens with one attached hydrogen (secondary N) is 1. The molecule has 0 bridgehead atoms. The van der Waals surface area contributed by atoms with Crippen LogP contribution in [0, 0.1) is 10.1 Å². The Morgan fingerprint density at radius 3 is 2.43 bits per heavy atom. The molecule has 2 rings (SSSR count). The van der Waals surface area contributed by atoms with E-state index in [-0.39, 0.29) is 17.3 Å². The number of para-hydroxylation sites is 2. The molecule has 0 aliphatic rings. The molecule has 0 saturated heterocycles. The summed E-state index contributed by atoms with van der Waals surface area (Å²) in [7, 11) is 1.84. The van der Waals surface area contributed by atoms with E-state index in [0.717, 1.165) is 5.56 Å². The van der Waals surface area contributed by atoms with Crippen LogP contribution in [0.2, 0.25) is 0 Å². The molecule has 0 spiro atoms. The maximum Gasteiger partial charge on any atom is 0.292 e. The second kappa shape index (κ2) is 7.51. The summed E-state index contributed by atoms with van der Waals surface area (Å²) in [6, 6.07) is 15.5. The fourth-order valence-electron chi connectivity index (χ4n) is 2.18. The maximum atomic E-state index is 12.3. The molecular weight excluding hydrogens is 294 g/mol. The van der Waals surface area contributed by atoms with Crippen molar-refractivity contribution in [2.45, 2.75) is 19.5 Å². The lowest BCUT2D eigenvalue weighted by Gasteiger charge is -2.23. The van der Waals surface area contributed by atoms with E-state index in [1.807, 2.05) is 42.3 Å². The number of carbonyl (C=O) groups is 1. The summed E-state index contributed by atoms with van der Waals surface area (Å²) in [6.45, 7) is 2.39. The third-order valence-corrected chi connectivity index (χ3v) is 3.67. The van der Waals surface area contributed by atoms with Gasteiger partial charge in [-0.1, -0.05) is 42.5 Å². The number of carbonyl (C=O) groups excluding carboxylic acids is 1. The Labute approximate surface area is 134 Å². The fourth-order valence-corrected chi connectivity index (χ4v) is 2.18. The molecular formula is C17H19N3O3. The Balaban J connectivity index is 2.04.